The number of hydrogen-bond acceptors (Lipinski definition) is 5. The Morgan fingerprint density at radius 2 is 2.03 bits per heavy atom. The summed E-state index contributed by atoms with van der Waals surface area (Å²) in [6.45, 7) is 8.39. The summed E-state index contributed by atoms with van der Waals surface area (Å²) in [7, 11) is 0. The number of carbonyl (C=O) groups is 1. The molecule has 1 aliphatic heterocycles. The Morgan fingerprint density at radius 3 is 2.76 bits per heavy atom. The van der Waals surface area contributed by atoms with Crippen LogP contribution in [0.15, 0.2) is 18.5 Å². The van der Waals surface area contributed by atoms with Gasteiger partial charge >= 0.3 is 0 Å². The van der Waals surface area contributed by atoms with Crippen molar-refractivity contribution in [1.82, 2.24) is 9.88 Å². The number of ether oxygens (including phenoxy) is 1. The van der Waals surface area contributed by atoms with E-state index in [1.54, 1.807) is 0 Å². The molecule has 3 rings (SSSR count). The average molecular weight is 447 g/mol. The summed E-state index contributed by atoms with van der Waals surface area (Å²) >= 11 is 0. The number of nitrogens with two attached hydrogens (primary N) is 1. The third-order valence-electron chi connectivity index (χ3n) is 5.87. The predicted molar refractivity (Wildman–Crippen MR) is 122 cm³/mol. The van der Waals surface area contributed by atoms with Crippen LogP contribution in [0.25, 0.3) is 0 Å². The highest BCUT2D eigenvalue weighted by Gasteiger charge is 2.35. The van der Waals surface area contributed by atoms with E-state index in [2.05, 4.69) is 34.7 Å². The van der Waals surface area contributed by atoms with Gasteiger partial charge in [0.05, 0.1) is 6.10 Å². The van der Waals surface area contributed by atoms with Crippen LogP contribution in [0.2, 0.25) is 0 Å². The molecule has 2 fully saturated rings. The van der Waals surface area contributed by atoms with E-state index in [4.69, 9.17) is 10.5 Å². The highest BCUT2D eigenvalue weighted by atomic mass is 35.5. The molecule has 1 aliphatic carbocycles. The Bertz CT molecular complexity index is 634. The standard InChI is InChI=1S/C21H34N4O2.2ClH/c1-3-13-27-20-14-17(5-6-18(20)22)21(26)25-10-4-9-24(11-12-25)19-7-8-23-15-16(19)2;;/h7-8,15,17-18,20H,3-6,9-14,22H2,1-2H3;2*1H/t17-,18+,20+;;/m0../s1. The fourth-order valence-electron chi connectivity index (χ4n) is 4.30. The number of hydrogen-bond donors (Lipinski definition) is 1. The number of amides is 1. The van der Waals surface area contributed by atoms with Crippen LogP contribution in [-0.2, 0) is 9.53 Å². The van der Waals surface area contributed by atoms with Crippen LogP contribution in [-0.4, -0.2) is 60.7 Å². The highest BCUT2D eigenvalue weighted by molar-refractivity contribution is 5.85. The van der Waals surface area contributed by atoms with Gasteiger partial charge in [-0.25, -0.2) is 0 Å². The minimum Gasteiger partial charge on any atom is -0.377 e. The molecular weight excluding hydrogens is 411 g/mol. The van der Waals surface area contributed by atoms with Gasteiger partial charge in [-0.2, -0.15) is 0 Å². The largest absolute Gasteiger partial charge is 0.377 e. The van der Waals surface area contributed by atoms with Crippen LogP contribution in [0, 0.1) is 12.8 Å². The van der Waals surface area contributed by atoms with Crippen LogP contribution < -0.4 is 10.6 Å². The summed E-state index contributed by atoms with van der Waals surface area (Å²) < 4.78 is 5.91. The maximum absolute atomic E-state index is 13.1. The van der Waals surface area contributed by atoms with Gasteiger partial charge in [0.2, 0.25) is 5.91 Å². The molecule has 29 heavy (non-hydrogen) atoms. The van der Waals surface area contributed by atoms with Crippen LogP contribution in [0.4, 0.5) is 5.69 Å². The molecule has 8 heteroatoms. The van der Waals surface area contributed by atoms with Crippen molar-refractivity contribution in [3.05, 3.63) is 24.0 Å². The lowest BCUT2D eigenvalue weighted by molar-refractivity contribution is -0.138. The van der Waals surface area contributed by atoms with Gasteiger partial charge in [-0.15, -0.1) is 24.8 Å². The summed E-state index contributed by atoms with van der Waals surface area (Å²) in [6.07, 6.45) is 8.28. The number of nitrogens with zero attached hydrogens (tertiary/aromatic N) is 3. The second kappa shape index (κ2) is 12.6. The van der Waals surface area contributed by atoms with Gasteiger partial charge in [0.25, 0.3) is 0 Å². The molecule has 6 nitrogen and oxygen atoms in total. The van der Waals surface area contributed by atoms with E-state index in [0.29, 0.717) is 5.91 Å². The first-order chi connectivity index (χ1) is 13.1. The highest BCUT2D eigenvalue weighted by Crippen LogP contribution is 2.28. The van der Waals surface area contributed by atoms with E-state index in [1.807, 2.05) is 12.4 Å². The Labute approximate surface area is 187 Å². The summed E-state index contributed by atoms with van der Waals surface area (Å²) in [4.78, 5) is 21.8. The van der Waals surface area contributed by atoms with Crippen LogP contribution >= 0.6 is 24.8 Å². The molecule has 0 aromatic carbocycles. The van der Waals surface area contributed by atoms with E-state index >= 15 is 0 Å². The SMILES string of the molecule is CCCO[C@@H]1C[C@@H](C(=O)N2CCCN(c3ccncc3C)CC2)CC[C@H]1N.Cl.Cl. The van der Waals surface area contributed by atoms with E-state index in [0.717, 1.165) is 64.9 Å². The minimum absolute atomic E-state index is 0. The van der Waals surface area contributed by atoms with Gasteiger partial charge in [-0.3, -0.25) is 9.78 Å². The molecule has 0 spiro atoms. The van der Waals surface area contributed by atoms with Crippen molar-refractivity contribution in [3.63, 3.8) is 0 Å². The molecule has 1 aromatic rings. The van der Waals surface area contributed by atoms with Gasteiger partial charge in [0, 0.05) is 62.8 Å². The smallest absolute Gasteiger partial charge is 0.225 e. The number of pyridine rings is 1. The normalized spacial score (nSPS) is 24.9. The van der Waals surface area contributed by atoms with Crippen molar-refractivity contribution in [3.8, 4) is 0 Å². The number of anilines is 1. The topological polar surface area (TPSA) is 71.7 Å². The van der Waals surface area contributed by atoms with Crippen molar-refractivity contribution >= 4 is 36.4 Å². The fraction of sp³-hybridized carbons (Fsp3) is 0.714. The molecule has 1 aromatic heterocycles. The molecule has 2 aliphatic rings. The Kier molecular flexibility index (Phi) is 11.3. The first-order valence-electron chi connectivity index (χ1n) is 10.4. The van der Waals surface area contributed by atoms with Crippen molar-refractivity contribution in [2.75, 3.05) is 37.7 Å². The number of aromatic nitrogens is 1. The number of carbonyl (C=O) groups excluding carboxylic acids is 1. The van der Waals surface area contributed by atoms with Crippen molar-refractivity contribution < 1.29 is 9.53 Å². The predicted octanol–water partition coefficient (Wildman–Crippen LogP) is 3.19. The monoisotopic (exact) mass is 446 g/mol. The summed E-state index contributed by atoms with van der Waals surface area (Å²) in [5.74, 6) is 0.348. The maximum atomic E-state index is 13.1. The second-order valence-electron chi connectivity index (χ2n) is 7.91. The van der Waals surface area contributed by atoms with E-state index in [9.17, 15) is 4.79 Å². The number of aryl methyl sites for hydroxylation is 1. The van der Waals surface area contributed by atoms with Crippen molar-refractivity contribution in [2.45, 2.75) is 58.1 Å². The third kappa shape index (κ3) is 6.71. The molecule has 0 radical (unpaired) electrons. The quantitative estimate of drug-likeness (QED) is 0.751. The Hall–Kier alpha value is -1.08. The minimum atomic E-state index is 0. The summed E-state index contributed by atoms with van der Waals surface area (Å²) in [6, 6.07) is 2.14. The number of halogens is 2. The molecule has 1 saturated heterocycles. The maximum Gasteiger partial charge on any atom is 0.225 e. The molecule has 2 heterocycles. The summed E-state index contributed by atoms with van der Waals surface area (Å²) in [5.41, 5.74) is 8.64. The Morgan fingerprint density at radius 1 is 1.24 bits per heavy atom. The van der Waals surface area contributed by atoms with Crippen molar-refractivity contribution in [1.29, 1.82) is 0 Å². The van der Waals surface area contributed by atoms with Gasteiger partial charge in [-0.1, -0.05) is 6.92 Å². The van der Waals surface area contributed by atoms with Gasteiger partial charge in [-0.05, 0) is 50.7 Å². The van der Waals surface area contributed by atoms with Gasteiger partial charge in [0.1, 0.15) is 0 Å². The Balaban J connectivity index is 0.00000210. The first-order valence-corrected chi connectivity index (χ1v) is 10.4. The zero-order valence-electron chi connectivity index (χ0n) is 17.6. The van der Waals surface area contributed by atoms with Crippen LogP contribution in [0.5, 0.6) is 0 Å². The lowest BCUT2D eigenvalue weighted by Crippen LogP contribution is -2.47. The third-order valence-corrected chi connectivity index (χ3v) is 5.87. The molecule has 0 bridgehead atoms. The molecule has 2 N–H and O–H groups in total. The van der Waals surface area contributed by atoms with Gasteiger partial charge in [0.15, 0.2) is 0 Å². The molecule has 3 atom stereocenters. The molecule has 1 amide bonds. The van der Waals surface area contributed by atoms with Crippen LogP contribution in [0.1, 0.15) is 44.6 Å². The first kappa shape index (κ1) is 26.0. The molecule has 166 valence electrons. The summed E-state index contributed by atoms with van der Waals surface area (Å²) in [5, 5.41) is 0. The lowest BCUT2D eigenvalue weighted by Gasteiger charge is -2.35. The van der Waals surface area contributed by atoms with Crippen LogP contribution in [0.3, 0.4) is 0 Å². The molecular formula is C21H36Cl2N4O2. The second-order valence-corrected chi connectivity index (χ2v) is 7.91. The van der Waals surface area contributed by atoms with Gasteiger partial charge < -0.3 is 20.3 Å². The zero-order chi connectivity index (χ0) is 19.2. The average Bonchev–Trinajstić information content (AvgIpc) is 2.93. The zero-order valence-corrected chi connectivity index (χ0v) is 19.2. The van der Waals surface area contributed by atoms with Crippen molar-refractivity contribution in [2.24, 2.45) is 11.7 Å². The lowest BCUT2D eigenvalue weighted by atomic mass is 9.83. The molecule has 1 saturated carbocycles. The van der Waals surface area contributed by atoms with E-state index in [1.165, 1.54) is 11.3 Å². The number of rotatable bonds is 5. The molecule has 0 unspecified atom stereocenters. The van der Waals surface area contributed by atoms with E-state index < -0.39 is 0 Å². The van der Waals surface area contributed by atoms with E-state index in [-0.39, 0.29) is 42.9 Å². The fourth-order valence-corrected chi connectivity index (χ4v) is 4.30.